The summed E-state index contributed by atoms with van der Waals surface area (Å²) in [7, 11) is 0. The predicted octanol–water partition coefficient (Wildman–Crippen LogP) is 4.06. The van der Waals surface area contributed by atoms with Gasteiger partial charge in [-0.05, 0) is 34.0 Å². The van der Waals surface area contributed by atoms with Gasteiger partial charge in [0.15, 0.2) is 0 Å². The molecule has 0 heterocycles. The minimum atomic E-state index is -0.398. The number of nitro benzene ring substituents is 1. The molecule has 17 heavy (non-hydrogen) atoms. The number of nitrogens with zero attached hydrogens (tertiary/aromatic N) is 1. The van der Waals surface area contributed by atoms with Gasteiger partial charge in [0.25, 0.3) is 5.69 Å². The third-order valence-electron chi connectivity index (χ3n) is 2.37. The fourth-order valence-corrected chi connectivity index (χ4v) is 1.82. The van der Waals surface area contributed by atoms with Gasteiger partial charge < -0.3 is 4.74 Å². The topological polar surface area (TPSA) is 52.4 Å². The molecule has 0 atom stereocenters. The molecule has 94 valence electrons. The molecule has 0 spiro atoms. The van der Waals surface area contributed by atoms with Crippen LogP contribution in [0.15, 0.2) is 22.7 Å². The lowest BCUT2D eigenvalue weighted by atomic mass is 10.2. The van der Waals surface area contributed by atoms with E-state index < -0.39 is 4.92 Å². The average Bonchev–Trinajstić information content (AvgIpc) is 2.30. The van der Waals surface area contributed by atoms with E-state index in [0.29, 0.717) is 17.7 Å². The van der Waals surface area contributed by atoms with E-state index in [-0.39, 0.29) is 5.69 Å². The van der Waals surface area contributed by atoms with E-state index in [1.54, 1.807) is 12.1 Å². The predicted molar refractivity (Wildman–Crippen MR) is 70.0 cm³/mol. The van der Waals surface area contributed by atoms with E-state index in [1.165, 1.54) is 0 Å². The molecule has 0 saturated heterocycles. The lowest BCUT2D eigenvalue weighted by molar-refractivity contribution is -0.385. The van der Waals surface area contributed by atoms with Gasteiger partial charge >= 0.3 is 0 Å². The Morgan fingerprint density at radius 1 is 1.41 bits per heavy atom. The van der Waals surface area contributed by atoms with Crippen molar-refractivity contribution in [3.05, 3.63) is 38.3 Å². The molecule has 5 heteroatoms. The maximum atomic E-state index is 10.7. The van der Waals surface area contributed by atoms with Crippen molar-refractivity contribution in [3.8, 4) is 0 Å². The minimum absolute atomic E-state index is 0.0830. The SMILES string of the molecule is CCCCCOCc1ccc(Br)c([N+](=O)[O-])c1. The third-order valence-corrected chi connectivity index (χ3v) is 3.04. The summed E-state index contributed by atoms with van der Waals surface area (Å²) in [5.41, 5.74) is 0.913. The van der Waals surface area contributed by atoms with Crippen molar-refractivity contribution in [2.24, 2.45) is 0 Å². The average molecular weight is 302 g/mol. The van der Waals surface area contributed by atoms with Crippen LogP contribution >= 0.6 is 15.9 Å². The number of rotatable bonds is 7. The summed E-state index contributed by atoms with van der Waals surface area (Å²) in [6.07, 6.45) is 3.35. The standard InChI is InChI=1S/C12H16BrNO3/c1-2-3-4-7-17-9-10-5-6-11(13)12(8-10)14(15)16/h5-6,8H,2-4,7,9H2,1H3. The van der Waals surface area contributed by atoms with Crippen LogP contribution < -0.4 is 0 Å². The number of ether oxygens (including phenoxy) is 1. The Kier molecular flexibility index (Phi) is 6.15. The van der Waals surface area contributed by atoms with Gasteiger partial charge in [0, 0.05) is 12.7 Å². The molecule has 1 rings (SSSR count). The Labute approximate surface area is 109 Å². The summed E-state index contributed by atoms with van der Waals surface area (Å²) in [5.74, 6) is 0. The van der Waals surface area contributed by atoms with E-state index >= 15 is 0 Å². The van der Waals surface area contributed by atoms with Gasteiger partial charge in [-0.2, -0.15) is 0 Å². The Morgan fingerprint density at radius 3 is 2.82 bits per heavy atom. The summed E-state index contributed by atoms with van der Waals surface area (Å²) in [5, 5.41) is 10.7. The highest BCUT2D eigenvalue weighted by Crippen LogP contribution is 2.25. The van der Waals surface area contributed by atoms with Crippen molar-refractivity contribution in [1.82, 2.24) is 0 Å². The van der Waals surface area contributed by atoms with Gasteiger partial charge in [-0.3, -0.25) is 10.1 Å². The van der Waals surface area contributed by atoms with Gasteiger partial charge in [0.05, 0.1) is 16.0 Å². The van der Waals surface area contributed by atoms with E-state index in [9.17, 15) is 10.1 Å². The fraction of sp³-hybridized carbons (Fsp3) is 0.500. The van der Waals surface area contributed by atoms with Crippen LogP contribution in [0.1, 0.15) is 31.7 Å². The quantitative estimate of drug-likeness (QED) is 0.433. The summed E-state index contributed by atoms with van der Waals surface area (Å²) in [6, 6.07) is 5.06. The second-order valence-corrected chi connectivity index (χ2v) is 4.66. The Hall–Kier alpha value is -0.940. The lowest BCUT2D eigenvalue weighted by Gasteiger charge is -2.04. The van der Waals surface area contributed by atoms with Crippen LogP contribution in [0.3, 0.4) is 0 Å². The van der Waals surface area contributed by atoms with E-state index in [1.807, 2.05) is 6.07 Å². The Morgan fingerprint density at radius 2 is 2.18 bits per heavy atom. The van der Waals surface area contributed by atoms with Gasteiger partial charge in [0.2, 0.25) is 0 Å². The lowest BCUT2D eigenvalue weighted by Crippen LogP contribution is -1.97. The summed E-state index contributed by atoms with van der Waals surface area (Å²) < 4.78 is 5.96. The van der Waals surface area contributed by atoms with Gasteiger partial charge in [-0.1, -0.05) is 25.8 Å². The fourth-order valence-electron chi connectivity index (χ4n) is 1.43. The van der Waals surface area contributed by atoms with Crippen molar-refractivity contribution >= 4 is 21.6 Å². The number of benzene rings is 1. The summed E-state index contributed by atoms with van der Waals surface area (Å²) in [6.45, 7) is 3.27. The van der Waals surface area contributed by atoms with Crippen LogP contribution in [0.5, 0.6) is 0 Å². The Bertz CT molecular complexity index is 382. The normalized spacial score (nSPS) is 10.5. The number of halogens is 1. The van der Waals surface area contributed by atoms with Crippen molar-refractivity contribution in [3.63, 3.8) is 0 Å². The molecule has 1 aromatic carbocycles. The first-order valence-electron chi connectivity index (χ1n) is 5.65. The largest absolute Gasteiger partial charge is 0.377 e. The molecule has 0 radical (unpaired) electrons. The van der Waals surface area contributed by atoms with Crippen molar-refractivity contribution < 1.29 is 9.66 Å². The highest BCUT2D eigenvalue weighted by Gasteiger charge is 2.11. The monoisotopic (exact) mass is 301 g/mol. The zero-order valence-corrected chi connectivity index (χ0v) is 11.4. The Balaban J connectivity index is 2.49. The molecular formula is C12H16BrNO3. The van der Waals surface area contributed by atoms with Crippen LogP contribution in [-0.2, 0) is 11.3 Å². The van der Waals surface area contributed by atoms with Crippen molar-refractivity contribution in [2.45, 2.75) is 32.8 Å². The van der Waals surface area contributed by atoms with Crippen LogP contribution in [-0.4, -0.2) is 11.5 Å². The molecule has 4 nitrogen and oxygen atoms in total. The van der Waals surface area contributed by atoms with E-state index in [4.69, 9.17) is 4.74 Å². The maximum absolute atomic E-state index is 10.7. The second kappa shape index (κ2) is 7.40. The molecule has 0 aromatic heterocycles. The highest BCUT2D eigenvalue weighted by atomic mass is 79.9. The van der Waals surface area contributed by atoms with Gasteiger partial charge in [-0.25, -0.2) is 0 Å². The molecule has 0 amide bonds. The maximum Gasteiger partial charge on any atom is 0.283 e. The first-order valence-corrected chi connectivity index (χ1v) is 6.45. The summed E-state index contributed by atoms with van der Waals surface area (Å²) >= 11 is 3.15. The molecule has 0 fully saturated rings. The van der Waals surface area contributed by atoms with Gasteiger partial charge in [0.1, 0.15) is 0 Å². The summed E-state index contributed by atoms with van der Waals surface area (Å²) in [4.78, 5) is 10.3. The van der Waals surface area contributed by atoms with Crippen LogP contribution in [0, 0.1) is 10.1 Å². The molecule has 0 unspecified atom stereocenters. The van der Waals surface area contributed by atoms with E-state index in [2.05, 4.69) is 22.9 Å². The molecule has 0 aliphatic rings. The van der Waals surface area contributed by atoms with E-state index in [0.717, 1.165) is 24.8 Å². The van der Waals surface area contributed by atoms with Crippen molar-refractivity contribution in [1.29, 1.82) is 0 Å². The molecule has 0 N–H and O–H groups in total. The highest BCUT2D eigenvalue weighted by molar-refractivity contribution is 9.10. The van der Waals surface area contributed by atoms with Crippen molar-refractivity contribution in [2.75, 3.05) is 6.61 Å². The molecule has 0 bridgehead atoms. The molecular weight excluding hydrogens is 286 g/mol. The van der Waals surface area contributed by atoms with Crippen LogP contribution in [0.2, 0.25) is 0 Å². The zero-order valence-electron chi connectivity index (χ0n) is 9.82. The number of unbranched alkanes of at least 4 members (excludes halogenated alkanes) is 2. The number of hydrogen-bond acceptors (Lipinski definition) is 3. The number of nitro groups is 1. The second-order valence-electron chi connectivity index (χ2n) is 3.80. The van der Waals surface area contributed by atoms with Gasteiger partial charge in [-0.15, -0.1) is 0 Å². The number of hydrogen-bond donors (Lipinski definition) is 0. The zero-order chi connectivity index (χ0) is 12.7. The smallest absolute Gasteiger partial charge is 0.283 e. The van der Waals surface area contributed by atoms with Crippen LogP contribution in [0.25, 0.3) is 0 Å². The van der Waals surface area contributed by atoms with Crippen LogP contribution in [0.4, 0.5) is 5.69 Å². The molecule has 0 saturated carbocycles. The first-order chi connectivity index (χ1) is 8.15. The first kappa shape index (κ1) is 14.1. The third kappa shape index (κ3) is 4.83. The molecule has 0 aliphatic carbocycles. The molecule has 1 aromatic rings. The molecule has 0 aliphatic heterocycles. The minimum Gasteiger partial charge on any atom is -0.377 e.